The summed E-state index contributed by atoms with van der Waals surface area (Å²) >= 11 is 0. The van der Waals surface area contributed by atoms with E-state index in [0.717, 1.165) is 0 Å². The van der Waals surface area contributed by atoms with Crippen LogP contribution in [0.2, 0.25) is 0 Å². The summed E-state index contributed by atoms with van der Waals surface area (Å²) in [7, 11) is -2.32. The molecule has 0 fully saturated rings. The highest BCUT2D eigenvalue weighted by atomic mass is 31.1. The molecule has 14 heavy (non-hydrogen) atoms. The van der Waals surface area contributed by atoms with E-state index in [1.807, 2.05) is 0 Å². The van der Waals surface area contributed by atoms with Gasteiger partial charge in [-0.15, -0.1) is 0 Å². The van der Waals surface area contributed by atoms with E-state index in [2.05, 4.69) is 19.9 Å². The standard InChI is InChI=1S/C6H6N4O3P/c11-14(12-5-7-1-2-8-5)13-6-9-3-4-10-6/h1-4H,(H,7,8)(H,9,10)/q+1. The number of aromatic amines is 2. The molecule has 0 unspecified atom stereocenters. The van der Waals surface area contributed by atoms with Crippen molar-refractivity contribution in [2.45, 2.75) is 0 Å². The molecule has 8 heteroatoms. The Morgan fingerprint density at radius 1 is 1.07 bits per heavy atom. The van der Waals surface area contributed by atoms with Crippen molar-refractivity contribution in [3.05, 3.63) is 24.8 Å². The fourth-order valence-corrected chi connectivity index (χ4v) is 1.28. The van der Waals surface area contributed by atoms with Gasteiger partial charge < -0.3 is 9.97 Å². The molecule has 0 aliphatic rings. The number of rotatable bonds is 4. The molecule has 0 saturated carbocycles. The van der Waals surface area contributed by atoms with Crippen molar-refractivity contribution in [3.8, 4) is 12.0 Å². The predicted octanol–water partition coefficient (Wildman–Crippen LogP) is 1.25. The molecule has 0 radical (unpaired) electrons. The van der Waals surface area contributed by atoms with Gasteiger partial charge in [0.05, 0.1) is 0 Å². The molecule has 2 aromatic rings. The molecule has 72 valence electrons. The Labute approximate surface area is 79.5 Å². The van der Waals surface area contributed by atoms with Crippen molar-refractivity contribution in [3.63, 3.8) is 0 Å². The Kier molecular flexibility index (Phi) is 2.42. The lowest BCUT2D eigenvalue weighted by Gasteiger charge is -1.84. The summed E-state index contributed by atoms with van der Waals surface area (Å²) in [5.41, 5.74) is 0. The van der Waals surface area contributed by atoms with Crippen LogP contribution in [0.5, 0.6) is 12.0 Å². The largest absolute Gasteiger partial charge is 0.811 e. The summed E-state index contributed by atoms with van der Waals surface area (Å²) < 4.78 is 20.7. The summed E-state index contributed by atoms with van der Waals surface area (Å²) in [6.45, 7) is 0. The van der Waals surface area contributed by atoms with Gasteiger partial charge in [-0.05, 0) is 0 Å². The Morgan fingerprint density at radius 3 is 1.93 bits per heavy atom. The molecule has 2 rings (SSSR count). The fraction of sp³-hybridized carbons (Fsp3) is 0. The number of imidazole rings is 2. The van der Waals surface area contributed by atoms with E-state index in [0.29, 0.717) is 0 Å². The van der Waals surface area contributed by atoms with E-state index in [1.54, 1.807) is 12.4 Å². The molecule has 2 N–H and O–H groups in total. The van der Waals surface area contributed by atoms with E-state index < -0.39 is 8.25 Å². The molecule has 0 saturated heterocycles. The number of nitrogens with zero attached hydrogens (tertiary/aromatic N) is 2. The van der Waals surface area contributed by atoms with Crippen LogP contribution in [0.3, 0.4) is 0 Å². The van der Waals surface area contributed by atoms with Crippen LogP contribution >= 0.6 is 8.25 Å². The highest BCUT2D eigenvalue weighted by Crippen LogP contribution is 2.25. The summed E-state index contributed by atoms with van der Waals surface area (Å²) in [5, 5.41) is 0. The summed E-state index contributed by atoms with van der Waals surface area (Å²) in [6.07, 6.45) is 6.05. The van der Waals surface area contributed by atoms with Crippen molar-refractivity contribution >= 4 is 8.25 Å². The van der Waals surface area contributed by atoms with E-state index >= 15 is 0 Å². The lowest BCUT2D eigenvalue weighted by molar-refractivity contribution is 0.393. The monoisotopic (exact) mass is 213 g/mol. The third kappa shape index (κ3) is 2.08. The van der Waals surface area contributed by atoms with E-state index in [4.69, 9.17) is 9.05 Å². The molecule has 0 aliphatic carbocycles. The zero-order valence-electron chi connectivity index (χ0n) is 6.88. The van der Waals surface area contributed by atoms with E-state index in [9.17, 15) is 4.57 Å². The molecule has 2 heterocycles. The van der Waals surface area contributed by atoms with Crippen LogP contribution in [0.4, 0.5) is 0 Å². The Bertz CT molecular complexity index is 360. The minimum Gasteiger partial charge on any atom is -0.310 e. The lowest BCUT2D eigenvalue weighted by atomic mass is 11.0. The third-order valence-corrected chi connectivity index (χ3v) is 1.91. The van der Waals surface area contributed by atoms with Crippen LogP contribution < -0.4 is 9.05 Å². The van der Waals surface area contributed by atoms with Gasteiger partial charge in [0.2, 0.25) is 0 Å². The fourth-order valence-electron chi connectivity index (χ4n) is 0.761. The smallest absolute Gasteiger partial charge is 0.310 e. The average Bonchev–Trinajstić information content (AvgIpc) is 2.76. The number of hydrogen-bond acceptors (Lipinski definition) is 5. The second-order valence-electron chi connectivity index (χ2n) is 2.19. The van der Waals surface area contributed by atoms with Gasteiger partial charge in [-0.1, -0.05) is 0 Å². The van der Waals surface area contributed by atoms with E-state index in [1.165, 1.54) is 12.4 Å². The first-order valence-corrected chi connectivity index (χ1v) is 4.76. The van der Waals surface area contributed by atoms with Gasteiger partial charge in [-0.2, -0.15) is 19.0 Å². The zero-order chi connectivity index (χ0) is 9.80. The van der Waals surface area contributed by atoms with Gasteiger partial charge in [-0.3, -0.25) is 0 Å². The molecule has 0 aromatic carbocycles. The molecule has 0 atom stereocenters. The van der Waals surface area contributed by atoms with Gasteiger partial charge in [0.1, 0.15) is 0 Å². The maximum Gasteiger partial charge on any atom is 0.811 e. The molecule has 0 bridgehead atoms. The highest BCUT2D eigenvalue weighted by molar-refractivity contribution is 7.34. The van der Waals surface area contributed by atoms with Gasteiger partial charge in [0.25, 0.3) is 0 Å². The molecular formula is C6H6N4O3P+. The van der Waals surface area contributed by atoms with Crippen molar-refractivity contribution in [1.29, 1.82) is 0 Å². The third-order valence-electron chi connectivity index (χ3n) is 1.27. The minimum absolute atomic E-state index is 0.137. The number of nitrogens with one attached hydrogen (secondary N) is 2. The number of aromatic nitrogens is 4. The first kappa shape index (κ1) is 8.71. The maximum atomic E-state index is 11.2. The van der Waals surface area contributed by atoms with Gasteiger partial charge >= 0.3 is 20.3 Å². The van der Waals surface area contributed by atoms with Crippen LogP contribution in [0.1, 0.15) is 0 Å². The molecule has 0 amide bonds. The van der Waals surface area contributed by atoms with Gasteiger partial charge in [0, 0.05) is 29.4 Å². The molecule has 0 spiro atoms. The first-order chi connectivity index (χ1) is 6.84. The quantitative estimate of drug-likeness (QED) is 0.745. The van der Waals surface area contributed by atoms with Gasteiger partial charge in [-0.25, -0.2) is 0 Å². The minimum atomic E-state index is -2.32. The highest BCUT2D eigenvalue weighted by Gasteiger charge is 2.26. The van der Waals surface area contributed by atoms with Crippen LogP contribution in [0, 0.1) is 0 Å². The SMILES string of the molecule is O=[P+](Oc1ncc[nH]1)Oc1ncc[nH]1. The van der Waals surface area contributed by atoms with Crippen molar-refractivity contribution < 1.29 is 13.6 Å². The summed E-state index contributed by atoms with van der Waals surface area (Å²) in [5.74, 6) is 0. The zero-order valence-corrected chi connectivity index (χ0v) is 7.77. The van der Waals surface area contributed by atoms with E-state index in [-0.39, 0.29) is 12.0 Å². The van der Waals surface area contributed by atoms with Crippen LogP contribution in [-0.4, -0.2) is 19.9 Å². The van der Waals surface area contributed by atoms with Crippen molar-refractivity contribution in [2.24, 2.45) is 0 Å². The normalized spacial score (nSPS) is 9.71. The molecule has 7 nitrogen and oxygen atoms in total. The lowest BCUT2D eigenvalue weighted by Crippen LogP contribution is -1.91. The Hall–Kier alpha value is -1.88. The summed E-state index contributed by atoms with van der Waals surface area (Å²) in [4.78, 5) is 12.7. The first-order valence-electron chi connectivity index (χ1n) is 3.66. The number of hydrogen-bond donors (Lipinski definition) is 2. The Balaban J connectivity index is 1.91. The van der Waals surface area contributed by atoms with Crippen molar-refractivity contribution in [2.75, 3.05) is 0 Å². The predicted molar refractivity (Wildman–Crippen MR) is 46.0 cm³/mol. The van der Waals surface area contributed by atoms with Crippen molar-refractivity contribution in [1.82, 2.24) is 19.9 Å². The van der Waals surface area contributed by atoms with Crippen LogP contribution in [0.15, 0.2) is 24.8 Å². The second-order valence-corrected chi connectivity index (χ2v) is 3.01. The van der Waals surface area contributed by atoms with Crippen LogP contribution in [0.25, 0.3) is 0 Å². The Morgan fingerprint density at radius 2 is 1.57 bits per heavy atom. The number of H-pyrrole nitrogens is 2. The molecular weight excluding hydrogens is 207 g/mol. The molecule has 0 aliphatic heterocycles. The summed E-state index contributed by atoms with van der Waals surface area (Å²) in [6, 6.07) is 0.273. The molecule has 2 aromatic heterocycles. The van der Waals surface area contributed by atoms with Gasteiger partial charge in [0.15, 0.2) is 0 Å². The second kappa shape index (κ2) is 3.89. The topological polar surface area (TPSA) is 92.9 Å². The maximum absolute atomic E-state index is 11.2. The average molecular weight is 213 g/mol. The van der Waals surface area contributed by atoms with Crippen LogP contribution in [-0.2, 0) is 4.57 Å².